The predicted octanol–water partition coefficient (Wildman–Crippen LogP) is 4.06. The number of amides is 4. The van der Waals surface area contributed by atoms with Crippen molar-refractivity contribution in [1.82, 2.24) is 5.32 Å². The van der Waals surface area contributed by atoms with Gasteiger partial charge in [-0.2, -0.15) is 13.2 Å². The van der Waals surface area contributed by atoms with E-state index in [4.69, 9.17) is 4.74 Å². The molecule has 0 aromatic heterocycles. The predicted molar refractivity (Wildman–Crippen MR) is 122 cm³/mol. The third kappa shape index (κ3) is 5.26. The van der Waals surface area contributed by atoms with Crippen LogP contribution < -0.4 is 20.7 Å². The van der Waals surface area contributed by atoms with Crippen LogP contribution in [0.25, 0.3) is 0 Å². The van der Waals surface area contributed by atoms with Crippen molar-refractivity contribution < 1.29 is 37.1 Å². The topological polar surface area (TPSA) is 114 Å². The van der Waals surface area contributed by atoms with E-state index in [-0.39, 0.29) is 24.4 Å². The maximum absolute atomic E-state index is 13.0. The Balaban J connectivity index is 1.67. The average molecular weight is 507 g/mol. The van der Waals surface area contributed by atoms with Crippen LogP contribution in [0.15, 0.2) is 36.4 Å². The molecule has 2 heterocycles. The van der Waals surface area contributed by atoms with Crippen molar-refractivity contribution in [2.45, 2.75) is 36.6 Å². The van der Waals surface area contributed by atoms with Gasteiger partial charge in [0.05, 0.1) is 18.4 Å². The summed E-state index contributed by atoms with van der Waals surface area (Å²) >= 11 is 0.745. The highest BCUT2D eigenvalue weighted by Crippen LogP contribution is 2.43. The summed E-state index contributed by atoms with van der Waals surface area (Å²) in [5.74, 6) is -1.81. The number of alkyl halides is 3. The molecular formula is C23H20F3N3O5S. The molecule has 0 spiro atoms. The molecule has 8 nitrogen and oxygen atoms in total. The van der Waals surface area contributed by atoms with E-state index in [9.17, 15) is 32.3 Å². The zero-order valence-electron chi connectivity index (χ0n) is 18.3. The molecule has 12 heteroatoms. The molecule has 2 aromatic rings. The van der Waals surface area contributed by atoms with Gasteiger partial charge in [-0.25, -0.2) is 0 Å². The zero-order chi connectivity index (χ0) is 25.3. The number of hydrogen-bond acceptors (Lipinski definition) is 6. The highest BCUT2D eigenvalue weighted by molar-refractivity contribution is 8.15. The third-order valence-corrected chi connectivity index (χ3v) is 6.87. The van der Waals surface area contributed by atoms with Crippen LogP contribution in [0.1, 0.15) is 35.4 Å². The van der Waals surface area contributed by atoms with Gasteiger partial charge in [-0.15, -0.1) is 0 Å². The van der Waals surface area contributed by atoms with Crippen LogP contribution in [0.4, 0.5) is 29.3 Å². The monoisotopic (exact) mass is 507 g/mol. The summed E-state index contributed by atoms with van der Waals surface area (Å²) < 4.78 is 44.4. The Kier molecular flexibility index (Phi) is 6.75. The van der Waals surface area contributed by atoms with Gasteiger partial charge in [0.25, 0.3) is 5.24 Å². The Morgan fingerprint density at radius 2 is 1.94 bits per heavy atom. The number of nitrogens with one attached hydrogen (secondary N) is 3. The Bertz CT molecular complexity index is 1220. The van der Waals surface area contributed by atoms with Crippen molar-refractivity contribution in [3.05, 3.63) is 53.1 Å². The molecule has 0 bridgehead atoms. The van der Waals surface area contributed by atoms with Crippen molar-refractivity contribution in [2.24, 2.45) is 0 Å². The van der Waals surface area contributed by atoms with Gasteiger partial charge >= 0.3 is 6.18 Å². The standard InChI is InChI=1S/C23H20F3N3O5S/c1-34-16-7-5-13(14-6-8-17(30)28-19(14)16)15(20-21(32)29-22(33)35-20)10-18(31)27-12-4-2-3-11(9-12)23(24,25)26/h2-5,7,9,15,20H,6,8,10H2,1H3,(H,27,31)(H,28,30)(H,29,32,33). The number of fused-ring (bicyclic) bond motifs is 1. The summed E-state index contributed by atoms with van der Waals surface area (Å²) in [5, 5.41) is 5.92. The van der Waals surface area contributed by atoms with Crippen molar-refractivity contribution in [2.75, 3.05) is 17.7 Å². The Morgan fingerprint density at radius 3 is 2.60 bits per heavy atom. The smallest absolute Gasteiger partial charge is 0.416 e. The number of hydrogen-bond donors (Lipinski definition) is 3. The van der Waals surface area contributed by atoms with Gasteiger partial charge in [-0.3, -0.25) is 24.5 Å². The summed E-state index contributed by atoms with van der Waals surface area (Å²) in [4.78, 5) is 49.3. The zero-order valence-corrected chi connectivity index (χ0v) is 19.1. The van der Waals surface area contributed by atoms with Crippen LogP contribution in [0.3, 0.4) is 0 Å². The van der Waals surface area contributed by atoms with Gasteiger partial charge < -0.3 is 15.4 Å². The molecule has 35 heavy (non-hydrogen) atoms. The lowest BCUT2D eigenvalue weighted by Gasteiger charge is -2.28. The van der Waals surface area contributed by atoms with E-state index in [2.05, 4.69) is 16.0 Å². The van der Waals surface area contributed by atoms with Crippen LogP contribution >= 0.6 is 11.8 Å². The van der Waals surface area contributed by atoms with Crippen LogP contribution in [0.5, 0.6) is 5.75 Å². The largest absolute Gasteiger partial charge is 0.495 e. The lowest BCUT2D eigenvalue weighted by Crippen LogP contribution is -2.32. The van der Waals surface area contributed by atoms with Gasteiger partial charge in [-0.05, 0) is 41.8 Å². The number of imide groups is 1. The quantitative estimate of drug-likeness (QED) is 0.544. The lowest BCUT2D eigenvalue weighted by atomic mass is 9.84. The molecule has 2 atom stereocenters. The van der Waals surface area contributed by atoms with Gasteiger partial charge in [0.1, 0.15) is 11.0 Å². The molecule has 3 N–H and O–H groups in total. The second-order valence-electron chi connectivity index (χ2n) is 8.01. The molecule has 1 fully saturated rings. The number of ether oxygens (including phenoxy) is 1. The summed E-state index contributed by atoms with van der Waals surface area (Å²) in [6, 6.07) is 7.48. The molecule has 184 valence electrons. The Hall–Kier alpha value is -3.54. The second-order valence-corrected chi connectivity index (χ2v) is 9.13. The SMILES string of the molecule is COc1ccc(C(CC(=O)Nc2cccc(C(F)(F)F)c2)C2SC(=O)NC2=O)c2c1NC(=O)CC2. The average Bonchev–Trinajstić information content (AvgIpc) is 3.14. The number of benzene rings is 2. The van der Waals surface area contributed by atoms with E-state index in [1.165, 1.54) is 19.2 Å². The Morgan fingerprint density at radius 1 is 1.17 bits per heavy atom. The van der Waals surface area contributed by atoms with Crippen molar-refractivity contribution >= 4 is 46.1 Å². The van der Waals surface area contributed by atoms with Crippen molar-refractivity contribution in [3.8, 4) is 5.75 Å². The number of rotatable bonds is 6. The van der Waals surface area contributed by atoms with E-state index in [1.54, 1.807) is 12.1 Å². The molecule has 2 unspecified atom stereocenters. The van der Waals surface area contributed by atoms with Gasteiger partial charge in [0.15, 0.2) is 0 Å². The van der Waals surface area contributed by atoms with Gasteiger partial charge in [-0.1, -0.05) is 23.9 Å². The summed E-state index contributed by atoms with van der Waals surface area (Å²) in [6.07, 6.45) is -4.36. The maximum atomic E-state index is 13.0. The normalized spacial score (nSPS) is 18.4. The molecule has 0 saturated carbocycles. The first kappa shape index (κ1) is 24.6. The van der Waals surface area contributed by atoms with Crippen molar-refractivity contribution in [3.63, 3.8) is 0 Å². The molecule has 0 radical (unpaired) electrons. The van der Waals surface area contributed by atoms with E-state index in [1.807, 2.05) is 0 Å². The maximum Gasteiger partial charge on any atom is 0.416 e. The first-order chi connectivity index (χ1) is 16.6. The lowest BCUT2D eigenvalue weighted by molar-refractivity contribution is -0.137. The number of methoxy groups -OCH3 is 1. The van der Waals surface area contributed by atoms with Crippen LogP contribution in [0.2, 0.25) is 0 Å². The Labute approximate surface area is 202 Å². The number of carbonyl (C=O) groups excluding carboxylic acids is 4. The highest BCUT2D eigenvalue weighted by atomic mass is 32.2. The summed E-state index contributed by atoms with van der Waals surface area (Å²) in [7, 11) is 1.44. The third-order valence-electron chi connectivity index (χ3n) is 5.76. The first-order valence-electron chi connectivity index (χ1n) is 10.5. The minimum atomic E-state index is -4.57. The molecule has 1 saturated heterocycles. The molecule has 4 rings (SSSR count). The second kappa shape index (κ2) is 9.61. The number of carbonyl (C=O) groups is 4. The molecule has 0 aliphatic carbocycles. The number of anilines is 2. The first-order valence-corrected chi connectivity index (χ1v) is 11.4. The molecular weight excluding hydrogens is 487 g/mol. The van der Waals surface area contributed by atoms with E-state index >= 15 is 0 Å². The van der Waals surface area contributed by atoms with E-state index in [0.717, 1.165) is 23.9 Å². The highest BCUT2D eigenvalue weighted by Gasteiger charge is 2.41. The molecule has 2 aromatic carbocycles. The van der Waals surface area contributed by atoms with E-state index < -0.39 is 40.0 Å². The minimum Gasteiger partial charge on any atom is -0.495 e. The molecule has 2 aliphatic heterocycles. The fraction of sp³-hybridized carbons (Fsp3) is 0.304. The molecule has 2 aliphatic rings. The van der Waals surface area contributed by atoms with Crippen LogP contribution in [-0.2, 0) is 27.0 Å². The van der Waals surface area contributed by atoms with Gasteiger partial charge in [0, 0.05) is 24.4 Å². The molecule has 4 amide bonds. The van der Waals surface area contributed by atoms with Crippen molar-refractivity contribution in [1.29, 1.82) is 0 Å². The van der Waals surface area contributed by atoms with Crippen LogP contribution in [0, 0.1) is 0 Å². The fourth-order valence-electron chi connectivity index (χ4n) is 4.21. The van der Waals surface area contributed by atoms with Crippen LogP contribution in [-0.4, -0.2) is 35.3 Å². The fourth-order valence-corrected chi connectivity index (χ4v) is 5.17. The summed E-state index contributed by atoms with van der Waals surface area (Å²) in [6.45, 7) is 0. The number of thioether (sulfide) groups is 1. The van der Waals surface area contributed by atoms with Gasteiger partial charge in [0.2, 0.25) is 17.7 Å². The minimum absolute atomic E-state index is 0.0489. The number of halogens is 3. The summed E-state index contributed by atoms with van der Waals surface area (Å²) in [5.41, 5.74) is 0.713. The van der Waals surface area contributed by atoms with E-state index in [0.29, 0.717) is 29.0 Å².